The van der Waals surface area contributed by atoms with E-state index < -0.39 is 9.84 Å². The van der Waals surface area contributed by atoms with Gasteiger partial charge in [-0.15, -0.1) is 0 Å². The summed E-state index contributed by atoms with van der Waals surface area (Å²) in [6, 6.07) is 3.77. The van der Waals surface area contributed by atoms with Crippen molar-refractivity contribution in [2.45, 2.75) is 19.1 Å². The maximum atomic E-state index is 11.2. The first-order valence-electron chi connectivity index (χ1n) is 5.70. The molecule has 6 heteroatoms. The maximum absolute atomic E-state index is 11.2. The van der Waals surface area contributed by atoms with Crippen LogP contribution in [0.25, 0.3) is 0 Å². The number of rotatable bonds is 6. The molecule has 17 heavy (non-hydrogen) atoms. The highest BCUT2D eigenvalue weighted by Crippen LogP contribution is 2.10. The van der Waals surface area contributed by atoms with Crippen LogP contribution in [0, 0.1) is 0 Å². The minimum absolute atomic E-state index is 0.0900. The molecule has 0 aliphatic carbocycles. The van der Waals surface area contributed by atoms with Gasteiger partial charge in [-0.05, 0) is 18.6 Å². The van der Waals surface area contributed by atoms with E-state index >= 15 is 0 Å². The molecule has 5 nitrogen and oxygen atoms in total. The van der Waals surface area contributed by atoms with Crippen molar-refractivity contribution in [1.82, 2.24) is 5.32 Å². The Morgan fingerprint density at radius 1 is 1.53 bits per heavy atom. The molecule has 1 unspecified atom stereocenters. The fourth-order valence-corrected chi connectivity index (χ4v) is 3.57. The molecular formula is C11H17NO4S. The molecule has 1 atom stereocenters. The lowest BCUT2D eigenvalue weighted by molar-refractivity contribution is 0.107. The van der Waals surface area contributed by atoms with Gasteiger partial charge in [-0.1, -0.05) is 0 Å². The molecule has 1 N–H and O–H groups in total. The summed E-state index contributed by atoms with van der Waals surface area (Å²) in [6.45, 7) is 1.68. The number of nitrogens with one attached hydrogen (secondary N) is 1. The molecule has 0 amide bonds. The zero-order valence-electron chi connectivity index (χ0n) is 9.59. The number of furan rings is 1. The molecule has 0 bridgehead atoms. The minimum atomic E-state index is -2.79. The highest BCUT2D eigenvalue weighted by Gasteiger charge is 2.26. The quantitative estimate of drug-likeness (QED) is 0.757. The molecule has 96 valence electrons. The van der Waals surface area contributed by atoms with E-state index in [1.807, 2.05) is 12.1 Å². The van der Waals surface area contributed by atoms with Crippen molar-refractivity contribution < 1.29 is 17.6 Å². The SMILES string of the molecule is O=S1(=O)CCC(NCCOCc2ccco2)C1. The summed E-state index contributed by atoms with van der Waals surface area (Å²) in [5.74, 6) is 1.36. The second kappa shape index (κ2) is 5.66. The fourth-order valence-electron chi connectivity index (χ4n) is 1.86. The van der Waals surface area contributed by atoms with Gasteiger partial charge in [0.1, 0.15) is 12.4 Å². The van der Waals surface area contributed by atoms with Gasteiger partial charge in [-0.25, -0.2) is 8.42 Å². The van der Waals surface area contributed by atoms with Crippen LogP contribution in [0.5, 0.6) is 0 Å². The molecule has 1 aliphatic rings. The van der Waals surface area contributed by atoms with Crippen LogP contribution in [0.15, 0.2) is 22.8 Å². The molecule has 1 aromatic rings. The van der Waals surface area contributed by atoms with Gasteiger partial charge in [-0.2, -0.15) is 0 Å². The third-order valence-corrected chi connectivity index (χ3v) is 4.50. The lowest BCUT2D eigenvalue weighted by atomic mass is 10.3. The zero-order chi connectivity index (χ0) is 12.1. The Labute approximate surface area is 101 Å². The summed E-state index contributed by atoms with van der Waals surface area (Å²) in [5, 5.41) is 3.18. The third kappa shape index (κ3) is 4.14. The van der Waals surface area contributed by atoms with Gasteiger partial charge in [0.2, 0.25) is 0 Å². The van der Waals surface area contributed by atoms with Crippen LogP contribution < -0.4 is 5.32 Å². The third-order valence-electron chi connectivity index (χ3n) is 2.74. The van der Waals surface area contributed by atoms with E-state index in [1.54, 1.807) is 6.26 Å². The molecule has 1 fully saturated rings. The molecule has 1 aromatic heterocycles. The van der Waals surface area contributed by atoms with Crippen LogP contribution in [0.4, 0.5) is 0 Å². The Hall–Kier alpha value is -0.850. The number of hydrogen-bond donors (Lipinski definition) is 1. The first kappa shape index (κ1) is 12.6. The van der Waals surface area contributed by atoms with E-state index in [-0.39, 0.29) is 11.8 Å². The van der Waals surface area contributed by atoms with Crippen LogP contribution in [-0.4, -0.2) is 39.1 Å². The topological polar surface area (TPSA) is 68.5 Å². The molecule has 0 spiro atoms. The Balaban J connectivity index is 1.55. The second-order valence-electron chi connectivity index (χ2n) is 4.19. The summed E-state index contributed by atoms with van der Waals surface area (Å²) in [7, 11) is -2.79. The molecular weight excluding hydrogens is 242 g/mol. The van der Waals surface area contributed by atoms with Gasteiger partial charge >= 0.3 is 0 Å². The van der Waals surface area contributed by atoms with Gasteiger partial charge in [0.25, 0.3) is 0 Å². The Morgan fingerprint density at radius 3 is 3.06 bits per heavy atom. The summed E-state index contributed by atoms with van der Waals surface area (Å²) >= 11 is 0. The zero-order valence-corrected chi connectivity index (χ0v) is 10.4. The lowest BCUT2D eigenvalue weighted by Gasteiger charge is -2.10. The average molecular weight is 259 g/mol. The van der Waals surface area contributed by atoms with E-state index in [9.17, 15) is 8.42 Å². The fraction of sp³-hybridized carbons (Fsp3) is 0.636. The molecule has 2 heterocycles. The van der Waals surface area contributed by atoms with E-state index in [2.05, 4.69) is 5.32 Å². The lowest BCUT2D eigenvalue weighted by Crippen LogP contribution is -2.32. The van der Waals surface area contributed by atoms with Crippen LogP contribution in [0.3, 0.4) is 0 Å². The number of hydrogen-bond acceptors (Lipinski definition) is 5. The first-order chi connectivity index (χ1) is 8.16. The maximum Gasteiger partial charge on any atom is 0.151 e. The minimum Gasteiger partial charge on any atom is -0.467 e. The number of sulfone groups is 1. The number of ether oxygens (including phenoxy) is 1. The van der Waals surface area contributed by atoms with Crippen molar-refractivity contribution in [2.75, 3.05) is 24.7 Å². The van der Waals surface area contributed by atoms with Gasteiger partial charge in [0, 0.05) is 12.6 Å². The van der Waals surface area contributed by atoms with Crippen molar-refractivity contribution in [3.8, 4) is 0 Å². The van der Waals surface area contributed by atoms with E-state index in [1.165, 1.54) is 0 Å². The van der Waals surface area contributed by atoms with E-state index in [0.29, 0.717) is 31.9 Å². The monoisotopic (exact) mass is 259 g/mol. The van der Waals surface area contributed by atoms with E-state index in [0.717, 1.165) is 5.76 Å². The predicted molar refractivity (Wildman–Crippen MR) is 63.4 cm³/mol. The molecule has 1 saturated heterocycles. The summed E-state index contributed by atoms with van der Waals surface area (Å²) in [5.41, 5.74) is 0. The van der Waals surface area contributed by atoms with Crippen LogP contribution in [-0.2, 0) is 21.2 Å². The second-order valence-corrected chi connectivity index (χ2v) is 6.41. The summed E-state index contributed by atoms with van der Waals surface area (Å²) in [6.07, 6.45) is 2.32. The highest BCUT2D eigenvalue weighted by molar-refractivity contribution is 7.91. The first-order valence-corrected chi connectivity index (χ1v) is 7.52. The Morgan fingerprint density at radius 2 is 2.41 bits per heavy atom. The van der Waals surface area contributed by atoms with Crippen molar-refractivity contribution in [2.24, 2.45) is 0 Å². The van der Waals surface area contributed by atoms with Crippen molar-refractivity contribution in [1.29, 1.82) is 0 Å². The molecule has 2 rings (SSSR count). The van der Waals surface area contributed by atoms with Gasteiger partial charge in [0.05, 0.1) is 24.4 Å². The summed E-state index contributed by atoms with van der Waals surface area (Å²) in [4.78, 5) is 0. The van der Waals surface area contributed by atoms with Crippen molar-refractivity contribution in [3.05, 3.63) is 24.2 Å². The molecule has 1 aliphatic heterocycles. The van der Waals surface area contributed by atoms with E-state index in [4.69, 9.17) is 9.15 Å². The Kier molecular flexibility index (Phi) is 4.20. The largest absolute Gasteiger partial charge is 0.467 e. The standard InChI is InChI=1S/C11H17NO4S/c13-17(14)7-3-10(9-17)12-4-6-15-8-11-2-1-5-16-11/h1-2,5,10,12H,3-4,6-9H2. The van der Waals surface area contributed by atoms with Gasteiger partial charge in [0.15, 0.2) is 9.84 Å². The molecule has 0 aromatic carbocycles. The van der Waals surface area contributed by atoms with Gasteiger partial charge < -0.3 is 14.5 Å². The van der Waals surface area contributed by atoms with Crippen molar-refractivity contribution in [3.63, 3.8) is 0 Å². The highest BCUT2D eigenvalue weighted by atomic mass is 32.2. The Bertz CT molecular complexity index is 426. The van der Waals surface area contributed by atoms with Crippen LogP contribution in [0.2, 0.25) is 0 Å². The summed E-state index contributed by atoms with van der Waals surface area (Å²) < 4.78 is 32.9. The van der Waals surface area contributed by atoms with Gasteiger partial charge in [-0.3, -0.25) is 0 Å². The smallest absolute Gasteiger partial charge is 0.151 e. The normalized spacial score (nSPS) is 22.9. The van der Waals surface area contributed by atoms with Crippen molar-refractivity contribution >= 4 is 9.84 Å². The van der Waals surface area contributed by atoms with Crippen LogP contribution >= 0.6 is 0 Å². The predicted octanol–water partition coefficient (Wildman–Crippen LogP) is 0.573. The van der Waals surface area contributed by atoms with Crippen LogP contribution in [0.1, 0.15) is 12.2 Å². The average Bonchev–Trinajstić information content (AvgIpc) is 2.88. The molecule has 0 saturated carbocycles. The molecule has 0 radical (unpaired) electrons.